The van der Waals surface area contributed by atoms with Crippen LogP contribution in [0.25, 0.3) is 0 Å². The zero-order valence-corrected chi connectivity index (χ0v) is 24.5. The molecule has 0 saturated heterocycles. The van der Waals surface area contributed by atoms with Crippen LogP contribution in [-0.4, -0.2) is 62.7 Å². The van der Waals surface area contributed by atoms with E-state index in [2.05, 4.69) is 29.4 Å². The van der Waals surface area contributed by atoms with Crippen molar-refractivity contribution in [2.75, 3.05) is 43.9 Å². The maximum Gasteiger partial charge on any atom is 0.294 e. The van der Waals surface area contributed by atoms with Crippen molar-refractivity contribution in [1.29, 1.82) is 0 Å². The van der Waals surface area contributed by atoms with Crippen molar-refractivity contribution in [3.8, 4) is 0 Å². The Morgan fingerprint density at radius 2 is 1.30 bits per heavy atom. The molecule has 4 rings (SSSR count). The number of aryl methyl sites for hydroxylation is 1. The molecular weight excluding hydrogens is 526 g/mol. The number of anilines is 2. The highest BCUT2D eigenvalue weighted by molar-refractivity contribution is 7.85. The average molecular weight is 566 g/mol. The number of fused-ring (bicyclic) bond motifs is 2. The van der Waals surface area contributed by atoms with Gasteiger partial charge in [-0.15, -0.1) is 0 Å². The van der Waals surface area contributed by atoms with Crippen LogP contribution in [0.4, 0.5) is 11.4 Å². The van der Waals surface area contributed by atoms with Crippen molar-refractivity contribution in [3.05, 3.63) is 88.5 Å². The highest BCUT2D eigenvalue weighted by Crippen LogP contribution is 2.36. The molecule has 9 heteroatoms. The summed E-state index contributed by atoms with van der Waals surface area (Å²) in [7, 11) is -2.24. The van der Waals surface area contributed by atoms with E-state index in [-0.39, 0.29) is 16.5 Å². The lowest BCUT2D eigenvalue weighted by Crippen LogP contribution is -2.28. The van der Waals surface area contributed by atoms with Gasteiger partial charge in [0.25, 0.3) is 10.1 Å². The van der Waals surface area contributed by atoms with Crippen LogP contribution in [0.2, 0.25) is 0 Å². The number of benzene rings is 3. The number of nitrogens with one attached hydrogen (secondary N) is 2. The van der Waals surface area contributed by atoms with Gasteiger partial charge in [-0.05, 0) is 70.1 Å². The monoisotopic (exact) mass is 565 g/mol. The lowest BCUT2D eigenvalue weighted by atomic mass is 9.82. The highest BCUT2D eigenvalue weighted by atomic mass is 32.2. The van der Waals surface area contributed by atoms with Gasteiger partial charge in [0, 0.05) is 36.1 Å². The molecule has 40 heavy (non-hydrogen) atoms. The van der Waals surface area contributed by atoms with Gasteiger partial charge in [0.05, 0.1) is 16.0 Å². The number of hydrogen-bond acceptors (Lipinski definition) is 7. The van der Waals surface area contributed by atoms with Gasteiger partial charge in [-0.3, -0.25) is 14.1 Å². The summed E-state index contributed by atoms with van der Waals surface area (Å²) in [5.41, 5.74) is 4.31. The zero-order valence-electron chi connectivity index (χ0n) is 23.7. The van der Waals surface area contributed by atoms with E-state index in [1.807, 2.05) is 19.1 Å². The van der Waals surface area contributed by atoms with Gasteiger partial charge in [-0.1, -0.05) is 55.8 Å². The Bertz CT molecular complexity index is 1430. The van der Waals surface area contributed by atoms with Gasteiger partial charge in [0.2, 0.25) is 0 Å². The minimum absolute atomic E-state index is 0.0666. The number of carbonyl (C=O) groups excluding carboxylic acids is 2. The topological polar surface area (TPSA) is 116 Å². The molecule has 214 valence electrons. The van der Waals surface area contributed by atoms with Crippen molar-refractivity contribution in [2.24, 2.45) is 0 Å². The summed E-state index contributed by atoms with van der Waals surface area (Å²) in [5.74, 6) is -0.186. The first-order valence-electron chi connectivity index (χ1n) is 13.7. The second-order valence-electron chi connectivity index (χ2n) is 9.77. The number of ketones is 2. The Morgan fingerprint density at radius 1 is 0.775 bits per heavy atom. The predicted molar refractivity (Wildman–Crippen MR) is 160 cm³/mol. The molecule has 0 heterocycles. The number of hydrogen-bond donors (Lipinski definition) is 3. The van der Waals surface area contributed by atoms with Crippen LogP contribution in [0, 0.1) is 6.92 Å². The third kappa shape index (κ3) is 7.56. The molecule has 0 saturated carbocycles. The van der Waals surface area contributed by atoms with Crippen LogP contribution in [0.5, 0.6) is 0 Å². The average Bonchev–Trinajstić information content (AvgIpc) is 2.94. The van der Waals surface area contributed by atoms with Gasteiger partial charge >= 0.3 is 0 Å². The van der Waals surface area contributed by atoms with E-state index in [9.17, 15) is 18.0 Å². The minimum atomic E-state index is -4.02. The van der Waals surface area contributed by atoms with Crippen LogP contribution < -0.4 is 10.6 Å². The second-order valence-corrected chi connectivity index (χ2v) is 11.2. The fourth-order valence-electron chi connectivity index (χ4n) is 4.78. The van der Waals surface area contributed by atoms with Crippen LogP contribution in [0.15, 0.2) is 65.6 Å². The lowest BCUT2D eigenvalue weighted by molar-refractivity contribution is 0.0980. The Balaban J connectivity index is 0.000000336. The standard InChI is InChI=1S/C24H31N3O2.C7H8O3S/c1-4-14-27(15-5-2)16-8-13-26-20-12-11-19(25-3)21-22(20)24(29)18-10-7-6-9-17(18)23(21)28;1-6-2-4-7(5-3-6)11(8,9)10/h6-7,9-12,25-26H,4-5,8,13-16H2,1-3H3;2-5H,1H3,(H,8,9,10). The summed E-state index contributed by atoms with van der Waals surface area (Å²) in [5, 5.41) is 6.48. The largest absolute Gasteiger partial charge is 0.388 e. The Morgan fingerprint density at radius 3 is 1.80 bits per heavy atom. The van der Waals surface area contributed by atoms with Crippen LogP contribution in [0.3, 0.4) is 0 Å². The maximum absolute atomic E-state index is 13.2. The summed E-state index contributed by atoms with van der Waals surface area (Å²) in [6.45, 7) is 10.3. The molecule has 0 aromatic heterocycles. The van der Waals surface area contributed by atoms with Gasteiger partial charge in [-0.2, -0.15) is 8.42 Å². The Labute approximate surface area is 237 Å². The van der Waals surface area contributed by atoms with E-state index in [4.69, 9.17) is 4.55 Å². The second kappa shape index (κ2) is 14.2. The Kier molecular flexibility index (Phi) is 11.0. The molecular formula is C31H39N3O5S. The van der Waals surface area contributed by atoms with Gasteiger partial charge in [0.15, 0.2) is 11.6 Å². The van der Waals surface area contributed by atoms with Crippen molar-refractivity contribution in [2.45, 2.75) is 44.9 Å². The first-order chi connectivity index (χ1) is 19.1. The van der Waals surface area contributed by atoms with Crippen molar-refractivity contribution >= 4 is 33.1 Å². The number of carbonyl (C=O) groups is 2. The Hall–Kier alpha value is -3.53. The quantitative estimate of drug-likeness (QED) is 0.157. The molecule has 0 aliphatic heterocycles. The molecule has 1 aliphatic carbocycles. The van der Waals surface area contributed by atoms with Crippen molar-refractivity contribution in [1.82, 2.24) is 4.90 Å². The highest BCUT2D eigenvalue weighted by Gasteiger charge is 2.33. The fraction of sp³-hybridized carbons (Fsp3) is 0.355. The zero-order chi connectivity index (χ0) is 29.3. The third-order valence-electron chi connectivity index (χ3n) is 6.71. The van der Waals surface area contributed by atoms with E-state index >= 15 is 0 Å². The number of rotatable bonds is 11. The first kappa shape index (κ1) is 31.0. The van der Waals surface area contributed by atoms with Gasteiger partial charge < -0.3 is 15.5 Å². The number of nitrogens with zero attached hydrogens (tertiary/aromatic N) is 1. The van der Waals surface area contributed by atoms with Crippen LogP contribution in [-0.2, 0) is 10.1 Å². The van der Waals surface area contributed by atoms with E-state index in [0.29, 0.717) is 27.9 Å². The fourth-order valence-corrected chi connectivity index (χ4v) is 5.26. The minimum Gasteiger partial charge on any atom is -0.388 e. The molecule has 0 amide bonds. The smallest absolute Gasteiger partial charge is 0.294 e. The summed E-state index contributed by atoms with van der Waals surface area (Å²) >= 11 is 0. The molecule has 0 fully saturated rings. The molecule has 3 aromatic rings. The maximum atomic E-state index is 13.2. The van der Waals surface area contributed by atoms with Crippen molar-refractivity contribution < 1.29 is 22.6 Å². The normalized spacial score (nSPS) is 12.3. The molecule has 3 aromatic carbocycles. The summed E-state index contributed by atoms with van der Waals surface area (Å²) < 4.78 is 29.6. The molecule has 0 radical (unpaired) electrons. The van der Waals surface area contributed by atoms with Gasteiger partial charge in [0.1, 0.15) is 0 Å². The molecule has 0 atom stereocenters. The SMILES string of the molecule is CCCN(CCC)CCCNc1ccc(NC)c2c1C(=O)c1ccccc1C2=O.Cc1ccc(S(=O)(=O)O)cc1. The van der Waals surface area contributed by atoms with Crippen LogP contribution in [0.1, 0.15) is 70.5 Å². The molecule has 0 unspecified atom stereocenters. The predicted octanol–water partition coefficient (Wildman–Crippen LogP) is 5.67. The van der Waals surface area contributed by atoms with E-state index in [0.717, 1.165) is 56.7 Å². The molecule has 8 nitrogen and oxygen atoms in total. The summed E-state index contributed by atoms with van der Waals surface area (Å²) in [6.07, 6.45) is 3.30. The third-order valence-corrected chi connectivity index (χ3v) is 7.58. The molecule has 1 aliphatic rings. The van der Waals surface area contributed by atoms with E-state index < -0.39 is 10.1 Å². The van der Waals surface area contributed by atoms with Crippen molar-refractivity contribution in [3.63, 3.8) is 0 Å². The first-order valence-corrected chi connectivity index (χ1v) is 15.1. The molecule has 3 N–H and O–H groups in total. The van der Waals surface area contributed by atoms with E-state index in [1.54, 1.807) is 43.4 Å². The van der Waals surface area contributed by atoms with Gasteiger partial charge in [-0.25, -0.2) is 0 Å². The molecule has 0 spiro atoms. The van der Waals surface area contributed by atoms with Crippen LogP contribution >= 0.6 is 0 Å². The lowest BCUT2D eigenvalue weighted by Gasteiger charge is -2.24. The summed E-state index contributed by atoms with van der Waals surface area (Å²) in [6, 6.07) is 16.8. The molecule has 0 bridgehead atoms. The van der Waals surface area contributed by atoms with E-state index in [1.165, 1.54) is 12.1 Å². The summed E-state index contributed by atoms with van der Waals surface area (Å²) in [4.78, 5) is 28.8.